The molecule has 5 aromatic rings. The van der Waals surface area contributed by atoms with E-state index < -0.39 is 0 Å². The van der Waals surface area contributed by atoms with Gasteiger partial charge in [0.15, 0.2) is 0 Å². The van der Waals surface area contributed by atoms with Gasteiger partial charge < -0.3 is 9.64 Å². The van der Waals surface area contributed by atoms with E-state index in [2.05, 4.69) is 128 Å². The van der Waals surface area contributed by atoms with Crippen LogP contribution in [0.5, 0.6) is 11.5 Å². The van der Waals surface area contributed by atoms with Gasteiger partial charge in [-0.15, -0.1) is 0 Å². The van der Waals surface area contributed by atoms with E-state index >= 15 is 0 Å². The molecule has 39 heavy (non-hydrogen) atoms. The molecule has 2 nitrogen and oxygen atoms in total. The number of fused-ring (bicyclic) bond motifs is 4. The molecule has 0 unspecified atom stereocenters. The Morgan fingerprint density at radius 1 is 0.590 bits per heavy atom. The van der Waals surface area contributed by atoms with E-state index in [0.29, 0.717) is 0 Å². The molecule has 0 amide bonds. The summed E-state index contributed by atoms with van der Waals surface area (Å²) in [5.74, 6) is 1.99. The topological polar surface area (TPSA) is 12.5 Å². The molecule has 5 aromatic carbocycles. The molecule has 0 saturated carbocycles. The van der Waals surface area contributed by atoms with Crippen molar-refractivity contribution in [1.29, 1.82) is 0 Å². The summed E-state index contributed by atoms with van der Waals surface area (Å²) in [5, 5.41) is 0. The zero-order valence-electron chi connectivity index (χ0n) is 22.7. The highest BCUT2D eigenvalue weighted by atomic mass is 16.5. The van der Waals surface area contributed by atoms with Crippen LogP contribution in [0.15, 0.2) is 109 Å². The van der Waals surface area contributed by atoms with Crippen molar-refractivity contribution in [2.24, 2.45) is 0 Å². The Morgan fingerprint density at radius 2 is 1.23 bits per heavy atom. The maximum atomic E-state index is 6.97. The summed E-state index contributed by atoms with van der Waals surface area (Å²) in [6.07, 6.45) is 4.31. The van der Waals surface area contributed by atoms with Crippen molar-refractivity contribution >= 4 is 40.2 Å². The van der Waals surface area contributed by atoms with Crippen LogP contribution in [0.4, 0.5) is 17.1 Å². The van der Waals surface area contributed by atoms with Gasteiger partial charge in [-0.1, -0.05) is 105 Å². The number of nitrogens with zero attached hydrogens (tertiary/aromatic N) is 1. The van der Waals surface area contributed by atoms with Crippen LogP contribution in [0.2, 0.25) is 0 Å². The number of benzene rings is 5. The van der Waals surface area contributed by atoms with Crippen molar-refractivity contribution in [3.63, 3.8) is 0 Å². The van der Waals surface area contributed by atoms with Crippen molar-refractivity contribution in [2.75, 3.05) is 4.90 Å². The van der Waals surface area contributed by atoms with Gasteiger partial charge in [0.25, 0.3) is 6.71 Å². The van der Waals surface area contributed by atoms with Crippen molar-refractivity contribution in [2.45, 2.75) is 39.5 Å². The zero-order valence-corrected chi connectivity index (χ0v) is 22.7. The highest BCUT2D eigenvalue weighted by molar-refractivity contribution is 7.00. The predicted molar refractivity (Wildman–Crippen MR) is 166 cm³/mol. The first-order valence-electron chi connectivity index (χ1n) is 14.3. The molecule has 0 aromatic heterocycles. The van der Waals surface area contributed by atoms with Crippen LogP contribution >= 0.6 is 0 Å². The van der Waals surface area contributed by atoms with Gasteiger partial charge in [0.2, 0.25) is 0 Å². The normalized spacial score (nSPS) is 12.9. The summed E-state index contributed by atoms with van der Waals surface area (Å²) in [6.45, 7) is 4.68. The third-order valence-corrected chi connectivity index (χ3v) is 8.20. The zero-order chi connectivity index (χ0) is 26.3. The smallest absolute Gasteiger partial charge is 0.257 e. The summed E-state index contributed by atoms with van der Waals surface area (Å²) in [5.41, 5.74) is 12.9. The fourth-order valence-corrected chi connectivity index (χ4v) is 6.65. The van der Waals surface area contributed by atoms with Crippen LogP contribution in [0, 0.1) is 0 Å². The highest BCUT2D eigenvalue weighted by Gasteiger charge is 2.44. The summed E-state index contributed by atoms with van der Waals surface area (Å²) in [7, 11) is 0. The molecule has 190 valence electrons. The molecular formula is C36H32BNO. The van der Waals surface area contributed by atoms with Crippen LogP contribution in [0.25, 0.3) is 11.1 Å². The molecule has 3 heteroatoms. The van der Waals surface area contributed by atoms with Crippen LogP contribution in [0.1, 0.15) is 37.8 Å². The number of rotatable bonds is 6. The van der Waals surface area contributed by atoms with Gasteiger partial charge >= 0.3 is 0 Å². The van der Waals surface area contributed by atoms with Gasteiger partial charge in [0.05, 0.1) is 0 Å². The average Bonchev–Trinajstić information content (AvgIpc) is 2.98. The molecule has 0 bridgehead atoms. The Balaban J connectivity index is 1.60. The lowest BCUT2D eigenvalue weighted by Gasteiger charge is -2.42. The van der Waals surface area contributed by atoms with Crippen molar-refractivity contribution in [3.05, 3.63) is 120 Å². The summed E-state index contributed by atoms with van der Waals surface area (Å²) < 4.78 is 6.97. The Kier molecular flexibility index (Phi) is 6.00. The van der Waals surface area contributed by atoms with Crippen LogP contribution in [-0.4, -0.2) is 6.71 Å². The first-order valence-corrected chi connectivity index (χ1v) is 14.3. The van der Waals surface area contributed by atoms with Gasteiger partial charge in [-0.2, -0.15) is 0 Å². The van der Waals surface area contributed by atoms with Crippen LogP contribution in [-0.2, 0) is 12.8 Å². The number of para-hydroxylation sites is 1. The van der Waals surface area contributed by atoms with Gasteiger partial charge in [-0.3, -0.25) is 0 Å². The van der Waals surface area contributed by atoms with Gasteiger partial charge in [-0.05, 0) is 76.8 Å². The Morgan fingerprint density at radius 3 is 1.95 bits per heavy atom. The lowest BCUT2D eigenvalue weighted by molar-refractivity contribution is 0.488. The van der Waals surface area contributed by atoms with E-state index in [0.717, 1.165) is 42.7 Å². The van der Waals surface area contributed by atoms with Crippen LogP contribution < -0.4 is 26.0 Å². The standard InChI is InChI=1S/C36H32BNO/c1-3-13-26-17-11-21-30-33(26)37-34-27(14-4-2)18-12-22-32(34)39-36-29(25-15-7-5-8-16-25)23-24-31(35(36)37)38(30)28-19-9-6-10-20-28/h5-12,15-24H,3-4,13-14H2,1-2H3. The lowest BCUT2D eigenvalue weighted by atomic mass is 9.32. The highest BCUT2D eigenvalue weighted by Crippen LogP contribution is 2.44. The molecule has 0 aliphatic carbocycles. The average molecular weight is 505 g/mol. The van der Waals surface area contributed by atoms with Gasteiger partial charge in [-0.25, -0.2) is 0 Å². The molecule has 2 aliphatic heterocycles. The molecule has 0 fully saturated rings. The first kappa shape index (κ1) is 23.9. The number of hydrogen-bond acceptors (Lipinski definition) is 2. The second-order valence-corrected chi connectivity index (χ2v) is 10.6. The number of ether oxygens (including phenoxy) is 1. The Labute approximate surface area is 232 Å². The van der Waals surface area contributed by atoms with Crippen molar-refractivity contribution < 1.29 is 4.74 Å². The Hall–Kier alpha value is -4.24. The number of aryl methyl sites for hydroxylation is 2. The molecule has 0 N–H and O–H groups in total. The van der Waals surface area contributed by atoms with Gasteiger partial charge in [0.1, 0.15) is 11.5 Å². The number of hydrogen-bond donors (Lipinski definition) is 0. The second kappa shape index (κ2) is 9.82. The van der Waals surface area contributed by atoms with Crippen molar-refractivity contribution in [3.8, 4) is 22.6 Å². The van der Waals surface area contributed by atoms with Gasteiger partial charge in [0, 0.05) is 22.6 Å². The fourth-order valence-electron chi connectivity index (χ4n) is 6.65. The van der Waals surface area contributed by atoms with Crippen molar-refractivity contribution in [1.82, 2.24) is 0 Å². The quantitative estimate of drug-likeness (QED) is 0.215. The number of anilines is 3. The summed E-state index contributed by atoms with van der Waals surface area (Å²) in [6, 6.07) is 39.6. The maximum Gasteiger partial charge on any atom is 0.257 e. The first-order chi connectivity index (χ1) is 19.3. The maximum absolute atomic E-state index is 6.97. The van der Waals surface area contributed by atoms with E-state index in [4.69, 9.17) is 4.74 Å². The largest absolute Gasteiger partial charge is 0.458 e. The molecular weight excluding hydrogens is 473 g/mol. The van der Waals surface area contributed by atoms with E-state index in [-0.39, 0.29) is 6.71 Å². The minimum Gasteiger partial charge on any atom is -0.458 e. The third-order valence-electron chi connectivity index (χ3n) is 8.20. The molecule has 0 spiro atoms. The van der Waals surface area contributed by atoms with Crippen LogP contribution in [0.3, 0.4) is 0 Å². The monoisotopic (exact) mass is 505 g/mol. The third kappa shape index (κ3) is 3.79. The predicted octanol–water partition coefficient (Wildman–Crippen LogP) is 7.66. The minimum atomic E-state index is 0.128. The molecule has 0 atom stereocenters. The van der Waals surface area contributed by atoms with E-state index in [1.54, 1.807) is 0 Å². The summed E-state index contributed by atoms with van der Waals surface area (Å²) in [4.78, 5) is 2.45. The van der Waals surface area contributed by atoms with E-state index in [1.807, 2.05) is 0 Å². The molecule has 0 radical (unpaired) electrons. The SMILES string of the molecule is CCCc1cccc2c1B1c3c(CCC)cccc3N(c3ccccc3)c3ccc(-c4ccccc4)c(c31)O2. The van der Waals surface area contributed by atoms with E-state index in [9.17, 15) is 0 Å². The second-order valence-electron chi connectivity index (χ2n) is 10.6. The lowest BCUT2D eigenvalue weighted by Crippen LogP contribution is -2.61. The fraction of sp³-hybridized carbons (Fsp3) is 0.167. The molecule has 7 rings (SSSR count). The molecule has 0 saturated heterocycles. The molecule has 2 heterocycles. The Bertz CT molecular complexity index is 1660. The minimum absolute atomic E-state index is 0.128. The summed E-state index contributed by atoms with van der Waals surface area (Å²) >= 11 is 0. The van der Waals surface area contributed by atoms with E-state index in [1.165, 1.54) is 50.1 Å². The molecule has 2 aliphatic rings.